The number of nitrogens with one attached hydrogen (secondary N) is 2. The molecule has 2 N–H and O–H groups in total. The van der Waals surface area contributed by atoms with Crippen LogP contribution in [0.2, 0.25) is 5.02 Å². The van der Waals surface area contributed by atoms with Gasteiger partial charge < -0.3 is 10.1 Å². The van der Waals surface area contributed by atoms with Crippen molar-refractivity contribution in [3.63, 3.8) is 0 Å². The second-order valence-electron chi connectivity index (χ2n) is 6.91. The van der Waals surface area contributed by atoms with E-state index in [0.29, 0.717) is 28.0 Å². The molecule has 0 bridgehead atoms. The summed E-state index contributed by atoms with van der Waals surface area (Å²) in [5.74, 6) is 0.891. The summed E-state index contributed by atoms with van der Waals surface area (Å²) in [6.45, 7) is 3.46. The number of urea groups is 1. The van der Waals surface area contributed by atoms with E-state index < -0.39 is 0 Å². The molecule has 1 saturated heterocycles. The summed E-state index contributed by atoms with van der Waals surface area (Å²) in [4.78, 5) is 21.5. The first-order chi connectivity index (χ1) is 13.6. The highest BCUT2D eigenvalue weighted by Gasteiger charge is 2.18. The number of pyridine rings is 2. The lowest BCUT2D eigenvalue weighted by atomic mass is 9.96. The van der Waals surface area contributed by atoms with Crippen LogP contribution in [0.3, 0.4) is 0 Å². The van der Waals surface area contributed by atoms with Crippen molar-refractivity contribution < 1.29 is 9.53 Å². The molecule has 7 heteroatoms. The molecule has 0 spiro atoms. The van der Waals surface area contributed by atoms with Gasteiger partial charge in [0.15, 0.2) is 0 Å². The number of hydrogen-bond donors (Lipinski definition) is 2. The first kappa shape index (κ1) is 18.7. The zero-order valence-corrected chi connectivity index (χ0v) is 16.3. The highest BCUT2D eigenvalue weighted by molar-refractivity contribution is 6.35. The molecule has 1 aliphatic heterocycles. The van der Waals surface area contributed by atoms with Crippen LogP contribution in [0.25, 0.3) is 10.9 Å². The summed E-state index contributed by atoms with van der Waals surface area (Å²) < 4.78 is 5.41. The maximum atomic E-state index is 12.5. The third-order valence-corrected chi connectivity index (χ3v) is 5.13. The molecule has 3 heterocycles. The van der Waals surface area contributed by atoms with Crippen molar-refractivity contribution in [1.29, 1.82) is 0 Å². The molecule has 2 amide bonds. The number of rotatable bonds is 3. The molecule has 0 aliphatic carbocycles. The zero-order chi connectivity index (χ0) is 19.5. The van der Waals surface area contributed by atoms with Crippen molar-refractivity contribution in [2.75, 3.05) is 23.8 Å². The van der Waals surface area contributed by atoms with E-state index in [1.807, 2.05) is 31.2 Å². The van der Waals surface area contributed by atoms with E-state index in [9.17, 15) is 4.79 Å². The Balaban J connectivity index is 1.52. The Morgan fingerprint density at radius 3 is 2.82 bits per heavy atom. The number of carbonyl (C=O) groups is 1. The van der Waals surface area contributed by atoms with Gasteiger partial charge in [0.2, 0.25) is 0 Å². The minimum absolute atomic E-state index is 0.359. The number of carbonyl (C=O) groups excluding carboxylic acids is 1. The summed E-state index contributed by atoms with van der Waals surface area (Å²) in [5, 5.41) is 7.05. The number of ether oxygens (including phenoxy) is 1. The molecular weight excluding hydrogens is 376 g/mol. The molecule has 3 aromatic rings. The molecule has 0 atom stereocenters. The summed E-state index contributed by atoms with van der Waals surface area (Å²) >= 11 is 6.28. The van der Waals surface area contributed by atoms with E-state index in [1.54, 1.807) is 18.3 Å². The summed E-state index contributed by atoms with van der Waals surface area (Å²) in [7, 11) is 0. The predicted octanol–water partition coefficient (Wildman–Crippen LogP) is 5.13. The van der Waals surface area contributed by atoms with Gasteiger partial charge in [-0.25, -0.2) is 9.78 Å². The number of aryl methyl sites for hydroxylation is 1. The quantitative estimate of drug-likeness (QED) is 0.643. The lowest BCUT2D eigenvalue weighted by Gasteiger charge is -2.21. The van der Waals surface area contributed by atoms with Gasteiger partial charge >= 0.3 is 6.03 Å². The first-order valence-electron chi connectivity index (χ1n) is 9.28. The maximum absolute atomic E-state index is 12.5. The second kappa shape index (κ2) is 8.12. The van der Waals surface area contributed by atoms with Crippen LogP contribution >= 0.6 is 11.6 Å². The minimum atomic E-state index is -0.359. The summed E-state index contributed by atoms with van der Waals surface area (Å²) in [6.07, 6.45) is 3.53. The second-order valence-corrected chi connectivity index (χ2v) is 7.32. The highest BCUT2D eigenvalue weighted by Crippen LogP contribution is 2.29. The zero-order valence-electron chi connectivity index (χ0n) is 15.5. The Hall–Kier alpha value is -2.70. The van der Waals surface area contributed by atoms with Gasteiger partial charge in [0.05, 0.1) is 16.2 Å². The fourth-order valence-corrected chi connectivity index (χ4v) is 3.79. The average molecular weight is 397 g/mol. The standard InChI is InChI=1S/C21H21ClN4O2/c1-13-11-15-18(5-8-23-20(15)16(22)12-13)25-21(27)26-19-4-2-3-17(24-19)14-6-9-28-10-7-14/h2-5,8,11-12,14H,6-7,9-10H2,1H3,(H2,23,24,25,26,27). The molecule has 2 aromatic heterocycles. The van der Waals surface area contributed by atoms with Crippen molar-refractivity contribution in [3.8, 4) is 0 Å². The number of aromatic nitrogens is 2. The maximum Gasteiger partial charge on any atom is 0.324 e. The van der Waals surface area contributed by atoms with Crippen LogP contribution in [0.15, 0.2) is 42.6 Å². The monoisotopic (exact) mass is 396 g/mol. The van der Waals surface area contributed by atoms with Crippen molar-refractivity contribution in [2.45, 2.75) is 25.7 Å². The SMILES string of the molecule is Cc1cc(Cl)c2nccc(NC(=O)Nc3cccc(C4CCOCC4)n3)c2c1. The van der Waals surface area contributed by atoms with Crippen LogP contribution in [-0.2, 0) is 4.74 Å². The summed E-state index contributed by atoms with van der Waals surface area (Å²) in [6, 6.07) is 10.9. The molecule has 1 aliphatic rings. The van der Waals surface area contributed by atoms with E-state index >= 15 is 0 Å². The molecule has 1 aromatic carbocycles. The molecule has 0 unspecified atom stereocenters. The lowest BCUT2D eigenvalue weighted by Crippen LogP contribution is -2.21. The normalized spacial score (nSPS) is 14.8. The number of anilines is 2. The fourth-order valence-electron chi connectivity index (χ4n) is 3.47. The van der Waals surface area contributed by atoms with Crippen molar-refractivity contribution >= 4 is 40.0 Å². The third-order valence-electron chi connectivity index (χ3n) is 4.84. The van der Waals surface area contributed by atoms with Gasteiger partial charge in [-0.05, 0) is 55.7 Å². The van der Waals surface area contributed by atoms with E-state index in [-0.39, 0.29) is 6.03 Å². The van der Waals surface area contributed by atoms with Crippen LogP contribution in [0.1, 0.15) is 30.0 Å². The molecule has 28 heavy (non-hydrogen) atoms. The van der Waals surface area contributed by atoms with Gasteiger partial charge in [-0.15, -0.1) is 0 Å². The molecule has 0 saturated carbocycles. The average Bonchev–Trinajstić information content (AvgIpc) is 2.69. The Bertz CT molecular complexity index is 1020. The molecule has 144 valence electrons. The Kier molecular flexibility index (Phi) is 5.41. The molecule has 6 nitrogen and oxygen atoms in total. The molecule has 1 fully saturated rings. The van der Waals surface area contributed by atoms with Crippen LogP contribution in [0, 0.1) is 6.92 Å². The van der Waals surface area contributed by atoms with Crippen LogP contribution < -0.4 is 10.6 Å². The number of halogens is 1. The largest absolute Gasteiger partial charge is 0.381 e. The topological polar surface area (TPSA) is 76.1 Å². The van der Waals surface area contributed by atoms with Crippen LogP contribution in [-0.4, -0.2) is 29.2 Å². The van der Waals surface area contributed by atoms with Gasteiger partial charge in [-0.2, -0.15) is 0 Å². The summed E-state index contributed by atoms with van der Waals surface area (Å²) in [5.41, 5.74) is 3.29. The van der Waals surface area contributed by atoms with Crippen molar-refractivity contribution in [1.82, 2.24) is 9.97 Å². The van der Waals surface area contributed by atoms with E-state index in [2.05, 4.69) is 20.6 Å². The Labute approximate surface area is 168 Å². The van der Waals surface area contributed by atoms with Crippen molar-refractivity contribution in [3.05, 3.63) is 58.9 Å². The Morgan fingerprint density at radius 2 is 2.00 bits per heavy atom. The number of hydrogen-bond acceptors (Lipinski definition) is 4. The van der Waals surface area contributed by atoms with Gasteiger partial charge in [0.25, 0.3) is 0 Å². The van der Waals surface area contributed by atoms with Gasteiger partial charge in [-0.3, -0.25) is 10.3 Å². The van der Waals surface area contributed by atoms with Gasteiger partial charge in [-0.1, -0.05) is 17.7 Å². The lowest BCUT2D eigenvalue weighted by molar-refractivity contribution is 0.0845. The van der Waals surface area contributed by atoms with Crippen LogP contribution in [0.4, 0.5) is 16.3 Å². The van der Waals surface area contributed by atoms with E-state index in [1.165, 1.54) is 0 Å². The number of nitrogens with zero attached hydrogens (tertiary/aromatic N) is 2. The van der Waals surface area contributed by atoms with E-state index in [0.717, 1.165) is 42.7 Å². The van der Waals surface area contributed by atoms with Gasteiger partial charge in [0, 0.05) is 36.4 Å². The smallest absolute Gasteiger partial charge is 0.324 e. The first-order valence-corrected chi connectivity index (χ1v) is 9.65. The number of fused-ring (bicyclic) bond motifs is 1. The number of amides is 2. The third kappa shape index (κ3) is 4.08. The molecule has 0 radical (unpaired) electrons. The fraction of sp³-hybridized carbons (Fsp3) is 0.286. The van der Waals surface area contributed by atoms with Crippen molar-refractivity contribution in [2.24, 2.45) is 0 Å². The Morgan fingerprint density at radius 1 is 1.18 bits per heavy atom. The van der Waals surface area contributed by atoms with Crippen LogP contribution in [0.5, 0.6) is 0 Å². The van der Waals surface area contributed by atoms with Gasteiger partial charge in [0.1, 0.15) is 5.82 Å². The molecule has 4 rings (SSSR count). The highest BCUT2D eigenvalue weighted by atomic mass is 35.5. The minimum Gasteiger partial charge on any atom is -0.381 e. The predicted molar refractivity (Wildman–Crippen MR) is 111 cm³/mol. The molecular formula is C21H21ClN4O2. The number of benzene rings is 1. The van der Waals surface area contributed by atoms with E-state index in [4.69, 9.17) is 16.3 Å².